The number of hydrogen-bond donors (Lipinski definition) is 2. The molecule has 1 aromatic carbocycles. The number of carboxylic acids is 1. The van der Waals surface area contributed by atoms with Crippen LogP contribution in [-0.2, 0) is 4.79 Å². The van der Waals surface area contributed by atoms with E-state index in [1.807, 2.05) is 30.3 Å². The first-order valence-corrected chi connectivity index (χ1v) is 6.91. The zero-order valence-corrected chi connectivity index (χ0v) is 11.1. The standard InChI is InChI=1S/C16H21NO2/c18-16(19)15(14-9-5-2-6-10-14)12-17-11-13-7-3-1-4-8-13/h1-3,5-6,9-10,13,15,17H,4,7-8,11-12H2,(H,18,19). The second-order valence-corrected chi connectivity index (χ2v) is 5.11. The lowest BCUT2D eigenvalue weighted by Gasteiger charge is -2.20. The Bertz CT molecular complexity index is 428. The van der Waals surface area contributed by atoms with Crippen LogP contribution in [0.15, 0.2) is 42.5 Å². The van der Waals surface area contributed by atoms with Gasteiger partial charge in [0.2, 0.25) is 0 Å². The first-order valence-electron chi connectivity index (χ1n) is 6.91. The van der Waals surface area contributed by atoms with E-state index in [-0.39, 0.29) is 0 Å². The van der Waals surface area contributed by atoms with Crippen molar-refractivity contribution in [2.45, 2.75) is 25.2 Å². The smallest absolute Gasteiger partial charge is 0.312 e. The highest BCUT2D eigenvalue weighted by Crippen LogP contribution is 2.18. The Morgan fingerprint density at radius 1 is 1.32 bits per heavy atom. The van der Waals surface area contributed by atoms with Gasteiger partial charge in [0.15, 0.2) is 0 Å². The van der Waals surface area contributed by atoms with E-state index >= 15 is 0 Å². The summed E-state index contributed by atoms with van der Waals surface area (Å²) in [5.41, 5.74) is 0.867. The minimum atomic E-state index is -0.762. The summed E-state index contributed by atoms with van der Waals surface area (Å²) >= 11 is 0. The monoisotopic (exact) mass is 259 g/mol. The lowest BCUT2D eigenvalue weighted by molar-refractivity contribution is -0.138. The summed E-state index contributed by atoms with van der Waals surface area (Å²) in [4.78, 5) is 11.3. The molecule has 3 nitrogen and oxygen atoms in total. The average molecular weight is 259 g/mol. The van der Waals surface area contributed by atoms with E-state index in [0.29, 0.717) is 12.5 Å². The number of allylic oxidation sites excluding steroid dienone is 2. The predicted octanol–water partition coefficient (Wildman–Crippen LogP) is 2.80. The molecular weight excluding hydrogens is 238 g/mol. The Hall–Kier alpha value is -1.61. The highest BCUT2D eigenvalue weighted by molar-refractivity contribution is 5.76. The van der Waals surface area contributed by atoms with Crippen LogP contribution in [0.25, 0.3) is 0 Å². The minimum absolute atomic E-state index is 0.458. The van der Waals surface area contributed by atoms with Crippen molar-refractivity contribution >= 4 is 5.97 Å². The SMILES string of the molecule is O=C(O)C(CNCC1CC=CCC1)c1ccccc1. The number of rotatable bonds is 6. The molecule has 2 unspecified atom stereocenters. The van der Waals surface area contributed by atoms with Crippen LogP contribution in [-0.4, -0.2) is 24.2 Å². The van der Waals surface area contributed by atoms with Crippen molar-refractivity contribution in [1.82, 2.24) is 5.32 Å². The average Bonchev–Trinajstić information content (AvgIpc) is 2.45. The third-order valence-electron chi connectivity index (χ3n) is 3.66. The zero-order chi connectivity index (χ0) is 13.5. The molecule has 0 radical (unpaired) electrons. The number of aliphatic carboxylic acids is 1. The van der Waals surface area contributed by atoms with Crippen LogP contribution >= 0.6 is 0 Å². The maximum atomic E-state index is 11.3. The van der Waals surface area contributed by atoms with Gasteiger partial charge in [-0.05, 0) is 37.3 Å². The van der Waals surface area contributed by atoms with Crippen LogP contribution in [0.1, 0.15) is 30.7 Å². The van der Waals surface area contributed by atoms with Crippen molar-refractivity contribution in [2.24, 2.45) is 5.92 Å². The van der Waals surface area contributed by atoms with E-state index in [9.17, 15) is 9.90 Å². The number of benzene rings is 1. The van der Waals surface area contributed by atoms with E-state index in [0.717, 1.165) is 24.9 Å². The van der Waals surface area contributed by atoms with Crippen LogP contribution in [0, 0.1) is 5.92 Å². The van der Waals surface area contributed by atoms with Crippen molar-refractivity contribution < 1.29 is 9.90 Å². The fourth-order valence-corrected chi connectivity index (χ4v) is 2.51. The molecule has 3 heteroatoms. The Balaban J connectivity index is 1.84. The highest BCUT2D eigenvalue weighted by Gasteiger charge is 2.19. The van der Waals surface area contributed by atoms with Crippen molar-refractivity contribution in [3.63, 3.8) is 0 Å². The Morgan fingerprint density at radius 3 is 2.74 bits per heavy atom. The van der Waals surface area contributed by atoms with Gasteiger partial charge in [0.05, 0.1) is 5.92 Å². The maximum Gasteiger partial charge on any atom is 0.312 e. The van der Waals surface area contributed by atoms with Crippen LogP contribution in [0.3, 0.4) is 0 Å². The molecule has 1 aromatic rings. The second-order valence-electron chi connectivity index (χ2n) is 5.11. The first-order chi connectivity index (χ1) is 9.27. The summed E-state index contributed by atoms with van der Waals surface area (Å²) in [6.07, 6.45) is 7.90. The number of nitrogens with one attached hydrogen (secondary N) is 1. The first kappa shape index (κ1) is 13.8. The quantitative estimate of drug-likeness (QED) is 0.772. The molecule has 0 fully saturated rings. The Labute approximate surface area is 114 Å². The summed E-state index contributed by atoms with van der Waals surface area (Å²) < 4.78 is 0. The summed E-state index contributed by atoms with van der Waals surface area (Å²) in [5, 5.41) is 12.6. The van der Waals surface area contributed by atoms with E-state index < -0.39 is 11.9 Å². The molecule has 1 aliphatic carbocycles. The van der Waals surface area contributed by atoms with Crippen molar-refractivity contribution in [2.75, 3.05) is 13.1 Å². The molecule has 0 heterocycles. The molecule has 1 aliphatic rings. The molecule has 2 N–H and O–H groups in total. The van der Waals surface area contributed by atoms with Gasteiger partial charge in [-0.15, -0.1) is 0 Å². The zero-order valence-electron chi connectivity index (χ0n) is 11.1. The molecule has 0 bridgehead atoms. The Kier molecular flexibility index (Phi) is 5.16. The van der Waals surface area contributed by atoms with E-state index in [1.165, 1.54) is 6.42 Å². The highest BCUT2D eigenvalue weighted by atomic mass is 16.4. The molecule has 2 atom stereocenters. The summed E-state index contributed by atoms with van der Waals surface area (Å²) in [7, 11) is 0. The third-order valence-corrected chi connectivity index (χ3v) is 3.66. The van der Waals surface area contributed by atoms with Gasteiger partial charge in [0.1, 0.15) is 0 Å². The summed E-state index contributed by atoms with van der Waals surface area (Å²) in [6.45, 7) is 1.40. The lowest BCUT2D eigenvalue weighted by atomic mass is 9.94. The predicted molar refractivity (Wildman–Crippen MR) is 76.2 cm³/mol. The number of carbonyl (C=O) groups is 1. The molecule has 0 saturated carbocycles. The van der Waals surface area contributed by atoms with Crippen LogP contribution in [0.4, 0.5) is 0 Å². The van der Waals surface area contributed by atoms with Gasteiger partial charge in [0.25, 0.3) is 0 Å². The van der Waals surface area contributed by atoms with Crippen molar-refractivity contribution in [3.8, 4) is 0 Å². The van der Waals surface area contributed by atoms with Crippen molar-refractivity contribution in [1.29, 1.82) is 0 Å². The normalized spacial score (nSPS) is 20.1. The fourth-order valence-electron chi connectivity index (χ4n) is 2.51. The fraction of sp³-hybridized carbons (Fsp3) is 0.438. The minimum Gasteiger partial charge on any atom is -0.481 e. The van der Waals surface area contributed by atoms with E-state index in [1.54, 1.807) is 0 Å². The molecule has 102 valence electrons. The lowest BCUT2D eigenvalue weighted by Crippen LogP contribution is -2.31. The molecule has 0 amide bonds. The third kappa shape index (κ3) is 4.21. The van der Waals surface area contributed by atoms with Crippen molar-refractivity contribution in [3.05, 3.63) is 48.0 Å². The van der Waals surface area contributed by atoms with Gasteiger partial charge in [0, 0.05) is 6.54 Å². The molecule has 0 spiro atoms. The number of hydrogen-bond acceptors (Lipinski definition) is 2. The van der Waals surface area contributed by atoms with Gasteiger partial charge < -0.3 is 10.4 Å². The molecule has 0 aliphatic heterocycles. The largest absolute Gasteiger partial charge is 0.481 e. The van der Waals surface area contributed by atoms with Gasteiger partial charge >= 0.3 is 5.97 Å². The number of carboxylic acid groups (broad SMARTS) is 1. The Morgan fingerprint density at radius 2 is 2.11 bits per heavy atom. The topological polar surface area (TPSA) is 49.3 Å². The van der Waals surface area contributed by atoms with E-state index in [2.05, 4.69) is 17.5 Å². The summed E-state index contributed by atoms with van der Waals surface area (Å²) in [6, 6.07) is 9.44. The van der Waals surface area contributed by atoms with Crippen LogP contribution < -0.4 is 5.32 Å². The molecule has 19 heavy (non-hydrogen) atoms. The summed E-state index contributed by atoms with van der Waals surface area (Å²) in [5.74, 6) is -0.571. The van der Waals surface area contributed by atoms with Gasteiger partial charge in [-0.3, -0.25) is 4.79 Å². The molecular formula is C16H21NO2. The van der Waals surface area contributed by atoms with Gasteiger partial charge in [-0.25, -0.2) is 0 Å². The maximum absolute atomic E-state index is 11.3. The molecule has 0 aromatic heterocycles. The molecule has 0 saturated heterocycles. The van der Waals surface area contributed by atoms with Gasteiger partial charge in [-0.1, -0.05) is 42.5 Å². The van der Waals surface area contributed by atoms with Crippen LogP contribution in [0.5, 0.6) is 0 Å². The van der Waals surface area contributed by atoms with Gasteiger partial charge in [-0.2, -0.15) is 0 Å². The molecule has 2 rings (SSSR count). The van der Waals surface area contributed by atoms with E-state index in [4.69, 9.17) is 0 Å². The second kappa shape index (κ2) is 7.10. The van der Waals surface area contributed by atoms with Crippen LogP contribution in [0.2, 0.25) is 0 Å².